The van der Waals surface area contributed by atoms with Crippen molar-refractivity contribution in [2.75, 3.05) is 0 Å². The average molecular weight is 375 g/mol. The van der Waals surface area contributed by atoms with E-state index in [0.717, 1.165) is 20.1 Å². The molecular formula is C13H13Br2NS. The van der Waals surface area contributed by atoms with Crippen molar-refractivity contribution < 1.29 is 0 Å². The van der Waals surface area contributed by atoms with Crippen LogP contribution in [0.2, 0.25) is 0 Å². The Labute approximate surface area is 122 Å². The lowest BCUT2D eigenvalue weighted by Crippen LogP contribution is -2.12. The number of thiophene rings is 1. The zero-order chi connectivity index (χ0) is 12.6. The Bertz CT molecular complexity index is 525. The lowest BCUT2D eigenvalue weighted by Gasteiger charge is -2.14. The number of hydrogen-bond donors (Lipinski definition) is 1. The van der Waals surface area contributed by atoms with Crippen LogP contribution in [0, 0.1) is 13.8 Å². The second kappa shape index (κ2) is 5.22. The van der Waals surface area contributed by atoms with Gasteiger partial charge >= 0.3 is 0 Å². The van der Waals surface area contributed by atoms with Crippen molar-refractivity contribution in [2.45, 2.75) is 19.9 Å². The summed E-state index contributed by atoms with van der Waals surface area (Å²) < 4.78 is 2.26. The second-order valence-electron chi connectivity index (χ2n) is 4.12. The molecule has 0 aliphatic rings. The molecule has 0 aliphatic carbocycles. The van der Waals surface area contributed by atoms with Gasteiger partial charge in [-0.3, -0.25) is 0 Å². The van der Waals surface area contributed by atoms with Crippen molar-refractivity contribution in [3.05, 3.63) is 54.1 Å². The van der Waals surface area contributed by atoms with Crippen LogP contribution in [-0.2, 0) is 0 Å². The fraction of sp³-hybridized carbons (Fsp3) is 0.231. The van der Waals surface area contributed by atoms with E-state index in [9.17, 15) is 0 Å². The normalized spacial score (nSPS) is 12.8. The molecule has 2 aromatic rings. The molecule has 0 saturated carbocycles. The molecule has 1 unspecified atom stereocenters. The van der Waals surface area contributed by atoms with Gasteiger partial charge in [-0.2, -0.15) is 11.3 Å². The minimum atomic E-state index is -0.0684. The third-order valence-corrected chi connectivity index (χ3v) is 5.80. The average Bonchev–Trinajstić information content (AvgIpc) is 2.70. The van der Waals surface area contributed by atoms with Crippen molar-refractivity contribution in [3.63, 3.8) is 0 Å². The van der Waals surface area contributed by atoms with Crippen LogP contribution in [0.1, 0.15) is 28.3 Å². The summed E-state index contributed by atoms with van der Waals surface area (Å²) in [6.45, 7) is 4.19. The topological polar surface area (TPSA) is 26.0 Å². The molecular weight excluding hydrogens is 362 g/mol. The largest absolute Gasteiger partial charge is 0.320 e. The van der Waals surface area contributed by atoms with E-state index in [1.165, 1.54) is 11.1 Å². The molecule has 1 aromatic heterocycles. The predicted molar refractivity (Wildman–Crippen MR) is 81.7 cm³/mol. The van der Waals surface area contributed by atoms with Gasteiger partial charge in [0, 0.05) is 14.3 Å². The molecule has 0 aliphatic heterocycles. The van der Waals surface area contributed by atoms with Gasteiger partial charge in [0.25, 0.3) is 0 Å². The fourth-order valence-corrected chi connectivity index (χ4v) is 3.66. The molecule has 0 spiro atoms. The molecule has 2 rings (SSSR count). The zero-order valence-electron chi connectivity index (χ0n) is 9.63. The maximum Gasteiger partial charge on any atom is 0.0571 e. The van der Waals surface area contributed by atoms with Crippen LogP contribution in [-0.4, -0.2) is 0 Å². The van der Waals surface area contributed by atoms with E-state index in [4.69, 9.17) is 5.73 Å². The van der Waals surface area contributed by atoms with E-state index in [-0.39, 0.29) is 6.04 Å². The SMILES string of the molecule is Cc1cc(C(N)c2cscc2Br)cc(C)c1Br. The van der Waals surface area contributed by atoms with Crippen molar-refractivity contribution >= 4 is 43.2 Å². The third kappa shape index (κ3) is 2.65. The summed E-state index contributed by atoms with van der Waals surface area (Å²) in [7, 11) is 0. The molecule has 0 saturated heterocycles. The molecule has 1 atom stereocenters. The standard InChI is InChI=1S/C13H13Br2NS/c1-7-3-9(4-8(2)12(7)15)13(16)10-5-17-6-11(10)14/h3-6,13H,16H2,1-2H3. The van der Waals surface area contributed by atoms with E-state index in [0.29, 0.717) is 0 Å². The summed E-state index contributed by atoms with van der Waals surface area (Å²) in [5, 5.41) is 4.16. The van der Waals surface area contributed by atoms with Gasteiger partial charge in [0.15, 0.2) is 0 Å². The van der Waals surface area contributed by atoms with Gasteiger partial charge in [0.2, 0.25) is 0 Å². The number of hydrogen-bond acceptors (Lipinski definition) is 2. The predicted octanol–water partition coefficient (Wildman–Crippen LogP) is 4.94. The summed E-state index contributed by atoms with van der Waals surface area (Å²) in [5.74, 6) is 0. The monoisotopic (exact) mass is 373 g/mol. The molecule has 0 radical (unpaired) electrons. The molecule has 4 heteroatoms. The first-order chi connectivity index (χ1) is 8.00. The van der Waals surface area contributed by atoms with Crippen LogP contribution in [0.15, 0.2) is 31.8 Å². The van der Waals surface area contributed by atoms with Crippen LogP contribution in [0.4, 0.5) is 0 Å². The minimum absolute atomic E-state index is 0.0684. The van der Waals surface area contributed by atoms with Crippen LogP contribution in [0.25, 0.3) is 0 Å². The molecule has 1 aromatic carbocycles. The summed E-state index contributed by atoms with van der Waals surface area (Å²) in [6.07, 6.45) is 0. The van der Waals surface area contributed by atoms with Gasteiger partial charge in [0.1, 0.15) is 0 Å². The Morgan fingerprint density at radius 3 is 2.18 bits per heavy atom. The number of rotatable bonds is 2. The lowest BCUT2D eigenvalue weighted by molar-refractivity contribution is 0.867. The summed E-state index contributed by atoms with van der Waals surface area (Å²) in [4.78, 5) is 0. The van der Waals surface area contributed by atoms with Gasteiger partial charge in [-0.1, -0.05) is 28.1 Å². The third-order valence-electron chi connectivity index (χ3n) is 2.80. The van der Waals surface area contributed by atoms with Gasteiger partial charge in [0.05, 0.1) is 6.04 Å². The van der Waals surface area contributed by atoms with Crippen molar-refractivity contribution in [1.82, 2.24) is 0 Å². The highest BCUT2D eigenvalue weighted by molar-refractivity contribution is 9.10. The maximum atomic E-state index is 6.31. The highest BCUT2D eigenvalue weighted by atomic mass is 79.9. The Morgan fingerprint density at radius 1 is 1.12 bits per heavy atom. The highest BCUT2D eigenvalue weighted by Gasteiger charge is 2.14. The van der Waals surface area contributed by atoms with Crippen LogP contribution in [0.3, 0.4) is 0 Å². The summed E-state index contributed by atoms with van der Waals surface area (Å²) in [5.41, 5.74) is 11.1. The van der Waals surface area contributed by atoms with Crippen molar-refractivity contribution in [2.24, 2.45) is 5.73 Å². The Kier molecular flexibility index (Phi) is 4.08. The summed E-state index contributed by atoms with van der Waals surface area (Å²) in [6, 6.07) is 4.22. The molecule has 0 amide bonds. The number of aryl methyl sites for hydroxylation is 2. The molecule has 2 N–H and O–H groups in total. The Balaban J connectivity index is 2.45. The van der Waals surface area contributed by atoms with Gasteiger partial charge in [-0.15, -0.1) is 0 Å². The van der Waals surface area contributed by atoms with Crippen LogP contribution >= 0.6 is 43.2 Å². The Morgan fingerprint density at radius 2 is 1.71 bits per heavy atom. The first kappa shape index (κ1) is 13.3. The molecule has 90 valence electrons. The molecule has 0 bridgehead atoms. The van der Waals surface area contributed by atoms with Crippen molar-refractivity contribution in [1.29, 1.82) is 0 Å². The molecule has 1 heterocycles. The summed E-state index contributed by atoms with van der Waals surface area (Å²) >= 11 is 8.78. The van der Waals surface area contributed by atoms with E-state index in [1.807, 2.05) is 0 Å². The van der Waals surface area contributed by atoms with E-state index < -0.39 is 0 Å². The van der Waals surface area contributed by atoms with E-state index >= 15 is 0 Å². The Hall–Kier alpha value is -0.160. The number of nitrogens with two attached hydrogens (primary N) is 1. The van der Waals surface area contributed by atoms with E-state index in [2.05, 4.69) is 68.6 Å². The van der Waals surface area contributed by atoms with Gasteiger partial charge < -0.3 is 5.73 Å². The smallest absolute Gasteiger partial charge is 0.0571 e. The second-order valence-corrected chi connectivity index (χ2v) is 6.51. The maximum absolute atomic E-state index is 6.31. The minimum Gasteiger partial charge on any atom is -0.320 e. The fourth-order valence-electron chi connectivity index (χ4n) is 1.85. The molecule has 1 nitrogen and oxygen atoms in total. The number of halogens is 2. The van der Waals surface area contributed by atoms with Crippen molar-refractivity contribution in [3.8, 4) is 0 Å². The first-order valence-electron chi connectivity index (χ1n) is 5.24. The zero-order valence-corrected chi connectivity index (χ0v) is 13.6. The quantitative estimate of drug-likeness (QED) is 0.791. The number of benzene rings is 1. The van der Waals surface area contributed by atoms with Gasteiger partial charge in [-0.25, -0.2) is 0 Å². The first-order valence-corrected chi connectivity index (χ1v) is 7.77. The lowest BCUT2D eigenvalue weighted by atomic mass is 9.98. The highest BCUT2D eigenvalue weighted by Crippen LogP contribution is 2.32. The van der Waals surface area contributed by atoms with Crippen LogP contribution < -0.4 is 5.73 Å². The van der Waals surface area contributed by atoms with Crippen LogP contribution in [0.5, 0.6) is 0 Å². The molecule has 17 heavy (non-hydrogen) atoms. The van der Waals surface area contributed by atoms with E-state index in [1.54, 1.807) is 11.3 Å². The molecule has 0 fully saturated rings. The van der Waals surface area contributed by atoms with Gasteiger partial charge in [-0.05, 0) is 57.4 Å².